The Hall–Kier alpha value is -0.500. The van der Waals surface area contributed by atoms with Gasteiger partial charge in [-0.1, -0.05) is 0 Å². The summed E-state index contributed by atoms with van der Waals surface area (Å²) in [7, 11) is 1.37. The molecule has 0 fully saturated rings. The minimum absolute atomic E-state index is 0.124. The molecule has 0 saturated heterocycles. The lowest BCUT2D eigenvalue weighted by atomic mass is 9.90. The molecule has 0 radical (unpaired) electrons. The molecule has 0 bridgehead atoms. The van der Waals surface area contributed by atoms with Crippen LogP contribution in [0.1, 0.15) is 33.1 Å². The molecule has 0 spiro atoms. The van der Waals surface area contributed by atoms with Gasteiger partial charge in [0.05, 0.1) is 13.0 Å². The van der Waals surface area contributed by atoms with Crippen LogP contribution in [-0.4, -0.2) is 37.7 Å². The highest BCUT2D eigenvalue weighted by Crippen LogP contribution is 2.34. The van der Waals surface area contributed by atoms with E-state index in [0.717, 1.165) is 6.92 Å². The van der Waals surface area contributed by atoms with Gasteiger partial charge in [0.2, 0.25) is 0 Å². The third-order valence-corrected chi connectivity index (χ3v) is 2.56. The zero-order chi connectivity index (χ0) is 15.3. The van der Waals surface area contributed by atoms with Crippen molar-refractivity contribution in [1.29, 1.82) is 0 Å². The third kappa shape index (κ3) is 10.0. The Bertz CT molecular complexity index is 265. The molecule has 19 heavy (non-hydrogen) atoms. The minimum atomic E-state index is -4.53. The first-order valence-electron chi connectivity index (χ1n) is 5.77. The second-order valence-corrected chi connectivity index (χ2v) is 4.97. The molecule has 2 atom stereocenters. The smallest absolute Gasteiger partial charge is 0.383 e. The molecule has 0 saturated carbocycles. The fraction of sp³-hybridized carbons (Fsp3) is 1.00. The molecule has 2 unspecified atom stereocenters. The van der Waals surface area contributed by atoms with Gasteiger partial charge in [-0.15, -0.1) is 0 Å². The number of rotatable bonds is 7. The number of methoxy groups -OCH3 is 1. The summed E-state index contributed by atoms with van der Waals surface area (Å²) in [6, 6.07) is -0.467. The molecular formula is C11H19F6NO. The summed E-state index contributed by atoms with van der Waals surface area (Å²) in [6.07, 6.45) is -12.2. The van der Waals surface area contributed by atoms with Crippen LogP contribution in [0.15, 0.2) is 0 Å². The fourth-order valence-electron chi connectivity index (χ4n) is 1.96. The monoisotopic (exact) mass is 295 g/mol. The van der Waals surface area contributed by atoms with E-state index in [4.69, 9.17) is 4.74 Å². The van der Waals surface area contributed by atoms with E-state index in [1.54, 1.807) is 6.92 Å². The fourth-order valence-corrected chi connectivity index (χ4v) is 1.96. The van der Waals surface area contributed by atoms with Crippen LogP contribution in [0.4, 0.5) is 26.3 Å². The van der Waals surface area contributed by atoms with Crippen molar-refractivity contribution in [2.45, 2.75) is 57.0 Å². The van der Waals surface area contributed by atoms with Gasteiger partial charge in [0, 0.05) is 25.1 Å². The van der Waals surface area contributed by atoms with E-state index in [9.17, 15) is 26.3 Å². The molecule has 0 amide bonds. The molecule has 2 nitrogen and oxygen atoms in total. The lowest BCUT2D eigenvalue weighted by molar-refractivity contribution is -0.162. The van der Waals surface area contributed by atoms with Crippen molar-refractivity contribution in [2.75, 3.05) is 13.7 Å². The Balaban J connectivity index is 4.71. The Morgan fingerprint density at radius 1 is 1.00 bits per heavy atom. The normalized spacial score (nSPS) is 18.2. The van der Waals surface area contributed by atoms with Gasteiger partial charge in [0.1, 0.15) is 0 Å². The molecule has 116 valence electrons. The van der Waals surface area contributed by atoms with Gasteiger partial charge < -0.3 is 10.1 Å². The van der Waals surface area contributed by atoms with Crippen molar-refractivity contribution < 1.29 is 31.1 Å². The second-order valence-electron chi connectivity index (χ2n) is 4.97. The highest BCUT2D eigenvalue weighted by Gasteiger charge is 2.42. The lowest BCUT2D eigenvalue weighted by Crippen LogP contribution is -2.51. The van der Waals surface area contributed by atoms with Gasteiger partial charge in [-0.05, 0) is 20.3 Å². The molecule has 0 aromatic carbocycles. The van der Waals surface area contributed by atoms with Crippen molar-refractivity contribution >= 4 is 0 Å². The van der Waals surface area contributed by atoms with Crippen LogP contribution in [-0.2, 0) is 4.74 Å². The average Bonchev–Trinajstić information content (AvgIpc) is 2.10. The number of alkyl halides is 6. The van der Waals surface area contributed by atoms with Crippen molar-refractivity contribution in [1.82, 2.24) is 5.32 Å². The van der Waals surface area contributed by atoms with Crippen LogP contribution in [0, 0.1) is 0 Å². The maximum atomic E-state index is 12.5. The van der Waals surface area contributed by atoms with Crippen LogP contribution in [0.3, 0.4) is 0 Å². The number of nitrogens with one attached hydrogen (secondary N) is 1. The number of ether oxygens (including phenoxy) is 1. The number of halogens is 6. The summed E-state index contributed by atoms with van der Waals surface area (Å²) in [5, 5.41) is 2.58. The van der Waals surface area contributed by atoms with Gasteiger partial charge in [-0.25, -0.2) is 0 Å². The molecule has 0 aliphatic carbocycles. The molecule has 0 aliphatic heterocycles. The molecule has 0 aliphatic rings. The summed E-state index contributed by atoms with van der Waals surface area (Å²) < 4.78 is 78.6. The SMILES string of the molecule is COCC(C)NC(C)(CCC(F)(F)F)CC(F)(F)F. The van der Waals surface area contributed by atoms with Crippen LogP contribution >= 0.6 is 0 Å². The second kappa shape index (κ2) is 6.78. The van der Waals surface area contributed by atoms with E-state index in [0.29, 0.717) is 0 Å². The maximum Gasteiger partial charge on any atom is 0.390 e. The highest BCUT2D eigenvalue weighted by molar-refractivity contribution is 4.88. The molecule has 0 aromatic heterocycles. The molecule has 0 rings (SSSR count). The predicted octanol–water partition coefficient (Wildman–Crippen LogP) is 3.66. The standard InChI is InChI=1S/C11H19F6NO/c1-8(6-19-3)18-9(2,7-11(15,16)17)4-5-10(12,13)14/h8,18H,4-7H2,1-3H3. The van der Waals surface area contributed by atoms with Crippen LogP contribution in [0.5, 0.6) is 0 Å². The van der Waals surface area contributed by atoms with E-state index in [2.05, 4.69) is 5.32 Å². The Labute approximate surface area is 108 Å². The molecule has 0 heterocycles. The number of hydrogen-bond acceptors (Lipinski definition) is 2. The zero-order valence-electron chi connectivity index (χ0n) is 11.1. The van der Waals surface area contributed by atoms with E-state index in [1.807, 2.05) is 0 Å². The lowest BCUT2D eigenvalue weighted by Gasteiger charge is -2.35. The summed E-state index contributed by atoms with van der Waals surface area (Å²) in [4.78, 5) is 0. The molecular weight excluding hydrogens is 276 g/mol. The average molecular weight is 295 g/mol. The Kier molecular flexibility index (Phi) is 6.61. The van der Waals surface area contributed by atoms with E-state index < -0.39 is 43.2 Å². The third-order valence-electron chi connectivity index (χ3n) is 2.56. The zero-order valence-corrected chi connectivity index (χ0v) is 11.1. The minimum Gasteiger partial charge on any atom is -0.383 e. The summed E-state index contributed by atoms with van der Waals surface area (Å²) in [6.45, 7) is 2.84. The van der Waals surface area contributed by atoms with E-state index in [-0.39, 0.29) is 6.61 Å². The first-order chi connectivity index (χ1) is 8.37. The van der Waals surface area contributed by atoms with Crippen LogP contribution in [0.2, 0.25) is 0 Å². The van der Waals surface area contributed by atoms with Gasteiger partial charge in [0.15, 0.2) is 0 Å². The van der Waals surface area contributed by atoms with Crippen molar-refractivity contribution in [3.63, 3.8) is 0 Å². The van der Waals surface area contributed by atoms with Gasteiger partial charge >= 0.3 is 12.4 Å². The van der Waals surface area contributed by atoms with Crippen LogP contribution < -0.4 is 5.32 Å². The van der Waals surface area contributed by atoms with Gasteiger partial charge in [-0.3, -0.25) is 0 Å². The Morgan fingerprint density at radius 2 is 1.53 bits per heavy atom. The molecule has 8 heteroatoms. The van der Waals surface area contributed by atoms with Crippen LogP contribution in [0.25, 0.3) is 0 Å². The van der Waals surface area contributed by atoms with Gasteiger partial charge in [-0.2, -0.15) is 26.3 Å². The topological polar surface area (TPSA) is 21.3 Å². The summed E-state index contributed by atoms with van der Waals surface area (Å²) in [5.41, 5.74) is -1.66. The van der Waals surface area contributed by atoms with Crippen molar-refractivity contribution in [3.8, 4) is 0 Å². The number of hydrogen-bond donors (Lipinski definition) is 1. The quantitative estimate of drug-likeness (QED) is 0.724. The Morgan fingerprint density at radius 3 is 1.89 bits per heavy atom. The molecule has 0 aromatic rings. The van der Waals surface area contributed by atoms with E-state index >= 15 is 0 Å². The summed E-state index contributed by atoms with van der Waals surface area (Å²) in [5.74, 6) is 0. The highest BCUT2D eigenvalue weighted by atomic mass is 19.4. The molecule has 1 N–H and O–H groups in total. The first-order valence-corrected chi connectivity index (χ1v) is 5.77. The predicted molar refractivity (Wildman–Crippen MR) is 58.8 cm³/mol. The van der Waals surface area contributed by atoms with Crippen molar-refractivity contribution in [2.24, 2.45) is 0 Å². The largest absolute Gasteiger partial charge is 0.390 e. The first kappa shape index (κ1) is 18.5. The van der Waals surface area contributed by atoms with Crippen molar-refractivity contribution in [3.05, 3.63) is 0 Å². The summed E-state index contributed by atoms with van der Waals surface area (Å²) >= 11 is 0. The van der Waals surface area contributed by atoms with E-state index in [1.165, 1.54) is 7.11 Å². The van der Waals surface area contributed by atoms with Gasteiger partial charge in [0.25, 0.3) is 0 Å². The maximum absolute atomic E-state index is 12.5.